The zero-order valence-electron chi connectivity index (χ0n) is 15.5. The molecule has 3 nitrogen and oxygen atoms in total. The summed E-state index contributed by atoms with van der Waals surface area (Å²) in [6, 6.07) is 0. The number of carbonyl (C=O) groups is 2. The third kappa shape index (κ3) is 17.5. The molecule has 0 aromatic heterocycles. The van der Waals surface area contributed by atoms with Crippen LogP contribution in [0.4, 0.5) is 0 Å². The van der Waals surface area contributed by atoms with Crippen LogP contribution in [0.25, 0.3) is 0 Å². The van der Waals surface area contributed by atoms with Gasteiger partial charge >= 0.3 is 0 Å². The van der Waals surface area contributed by atoms with Crippen molar-refractivity contribution in [2.75, 3.05) is 5.88 Å². The van der Waals surface area contributed by atoms with Crippen molar-refractivity contribution >= 4 is 23.4 Å². The third-order valence-corrected chi connectivity index (χ3v) is 4.31. The molecule has 0 aliphatic carbocycles. The molecule has 0 atom stereocenters. The molecule has 0 aliphatic heterocycles. The predicted molar refractivity (Wildman–Crippen MR) is 103 cm³/mol. The van der Waals surface area contributed by atoms with E-state index >= 15 is 0 Å². The number of unbranched alkanes of at least 4 members (excludes halogenated alkanes) is 11. The Bertz CT molecular complexity index is 343. The van der Waals surface area contributed by atoms with Crippen LogP contribution in [0.3, 0.4) is 0 Å². The number of hydrogen-bond acceptors (Lipinski definition) is 2. The molecule has 0 rings (SSSR count). The smallest absolute Gasteiger partial charge is 0.241 e. The number of rotatable bonds is 16. The minimum atomic E-state index is -0.408. The quantitative estimate of drug-likeness (QED) is 0.212. The molecule has 0 aromatic carbocycles. The molecule has 0 aliphatic rings. The Labute approximate surface area is 153 Å². The second-order valence-corrected chi connectivity index (χ2v) is 6.71. The first kappa shape index (κ1) is 23.2. The summed E-state index contributed by atoms with van der Waals surface area (Å²) in [5, 5.41) is 2.26. The van der Waals surface area contributed by atoms with Crippen LogP contribution >= 0.6 is 11.6 Å². The Kier molecular flexibility index (Phi) is 17.9. The molecular formula is C20H36ClNO2. The third-order valence-electron chi connectivity index (χ3n) is 4.07. The van der Waals surface area contributed by atoms with E-state index in [0.29, 0.717) is 6.42 Å². The van der Waals surface area contributed by atoms with Crippen molar-refractivity contribution in [2.24, 2.45) is 0 Å². The van der Waals surface area contributed by atoms with Crippen molar-refractivity contribution in [2.45, 2.75) is 96.8 Å². The maximum absolute atomic E-state index is 11.3. The van der Waals surface area contributed by atoms with Crippen LogP contribution in [0.1, 0.15) is 96.8 Å². The predicted octanol–water partition coefficient (Wildman–Crippen LogP) is 5.91. The fourth-order valence-electron chi connectivity index (χ4n) is 2.61. The zero-order chi connectivity index (χ0) is 17.9. The van der Waals surface area contributed by atoms with Crippen LogP contribution in [0.5, 0.6) is 0 Å². The largest absolute Gasteiger partial charge is 0.295 e. The molecule has 0 aromatic rings. The maximum Gasteiger partial charge on any atom is 0.241 e. The Morgan fingerprint density at radius 1 is 0.750 bits per heavy atom. The van der Waals surface area contributed by atoms with Crippen molar-refractivity contribution in [1.29, 1.82) is 0 Å². The summed E-state index contributed by atoms with van der Waals surface area (Å²) in [6.07, 6.45) is 21.1. The fraction of sp³-hybridized carbons (Fsp3) is 0.800. The number of hydrogen-bond donors (Lipinski definition) is 1. The van der Waals surface area contributed by atoms with Crippen molar-refractivity contribution in [3.8, 4) is 0 Å². The van der Waals surface area contributed by atoms with E-state index in [1.54, 1.807) is 0 Å². The lowest BCUT2D eigenvalue weighted by molar-refractivity contribution is -0.129. The van der Waals surface area contributed by atoms with Crippen molar-refractivity contribution in [3.05, 3.63) is 12.2 Å². The molecular weight excluding hydrogens is 322 g/mol. The summed E-state index contributed by atoms with van der Waals surface area (Å²) >= 11 is 5.32. The fourth-order valence-corrected chi connectivity index (χ4v) is 2.67. The molecule has 0 fully saturated rings. The SMILES string of the molecule is CCCCCCCC/C=C\CCCCCCCC(=O)NC(=O)CCl. The van der Waals surface area contributed by atoms with Gasteiger partial charge in [-0.2, -0.15) is 0 Å². The number of allylic oxidation sites excluding steroid dienone is 2. The number of carbonyl (C=O) groups excluding carboxylic acids is 2. The van der Waals surface area contributed by atoms with Gasteiger partial charge in [-0.25, -0.2) is 0 Å². The minimum absolute atomic E-state index is 0.155. The van der Waals surface area contributed by atoms with Gasteiger partial charge in [0, 0.05) is 6.42 Å². The van der Waals surface area contributed by atoms with Crippen molar-refractivity contribution in [3.63, 3.8) is 0 Å². The van der Waals surface area contributed by atoms with Gasteiger partial charge < -0.3 is 0 Å². The van der Waals surface area contributed by atoms with Crippen LogP contribution in [0.2, 0.25) is 0 Å². The lowest BCUT2D eigenvalue weighted by Gasteiger charge is -2.02. The molecule has 0 spiro atoms. The summed E-state index contributed by atoms with van der Waals surface area (Å²) < 4.78 is 0. The van der Waals surface area contributed by atoms with Crippen LogP contribution in [0.15, 0.2) is 12.2 Å². The van der Waals surface area contributed by atoms with E-state index in [0.717, 1.165) is 19.3 Å². The topological polar surface area (TPSA) is 46.2 Å². The second kappa shape index (κ2) is 18.5. The highest BCUT2D eigenvalue weighted by molar-refractivity contribution is 6.28. The molecule has 0 bridgehead atoms. The molecule has 2 amide bonds. The lowest BCUT2D eigenvalue weighted by Crippen LogP contribution is -2.30. The maximum atomic E-state index is 11.3. The van der Waals surface area contributed by atoms with Gasteiger partial charge in [-0.3, -0.25) is 14.9 Å². The Morgan fingerprint density at radius 2 is 1.25 bits per heavy atom. The Balaban J connectivity index is 3.23. The van der Waals surface area contributed by atoms with Crippen LogP contribution in [0, 0.1) is 0 Å². The number of imide groups is 1. The molecule has 4 heteroatoms. The van der Waals surface area contributed by atoms with Gasteiger partial charge in [-0.15, -0.1) is 11.6 Å². The number of halogens is 1. The number of alkyl halides is 1. The molecule has 0 heterocycles. The normalized spacial score (nSPS) is 11.1. The van der Waals surface area contributed by atoms with Gasteiger partial charge in [0.15, 0.2) is 0 Å². The highest BCUT2D eigenvalue weighted by Gasteiger charge is 2.05. The molecule has 0 unspecified atom stereocenters. The van der Waals surface area contributed by atoms with Crippen molar-refractivity contribution in [1.82, 2.24) is 5.32 Å². The molecule has 1 N–H and O–H groups in total. The molecule has 0 radical (unpaired) electrons. The average Bonchev–Trinajstić information content (AvgIpc) is 2.58. The molecule has 0 saturated heterocycles. The van der Waals surface area contributed by atoms with Crippen molar-refractivity contribution < 1.29 is 9.59 Å². The van der Waals surface area contributed by atoms with E-state index in [1.165, 1.54) is 64.2 Å². The first-order valence-corrected chi connectivity index (χ1v) is 10.3. The summed E-state index contributed by atoms with van der Waals surface area (Å²) in [4.78, 5) is 22.3. The van der Waals surface area contributed by atoms with Crippen LogP contribution in [-0.2, 0) is 9.59 Å². The van der Waals surface area contributed by atoms with Gasteiger partial charge in [-0.05, 0) is 32.1 Å². The van der Waals surface area contributed by atoms with Gasteiger partial charge in [0.2, 0.25) is 11.8 Å². The van der Waals surface area contributed by atoms with E-state index in [4.69, 9.17) is 11.6 Å². The minimum Gasteiger partial charge on any atom is -0.295 e. The average molecular weight is 358 g/mol. The van der Waals surface area contributed by atoms with E-state index in [9.17, 15) is 9.59 Å². The monoisotopic (exact) mass is 357 g/mol. The lowest BCUT2D eigenvalue weighted by atomic mass is 10.1. The van der Waals surface area contributed by atoms with Gasteiger partial charge in [0.05, 0.1) is 0 Å². The van der Waals surface area contributed by atoms with Crippen LogP contribution < -0.4 is 5.32 Å². The number of nitrogens with one attached hydrogen (secondary N) is 1. The molecule has 0 saturated carbocycles. The van der Waals surface area contributed by atoms with E-state index in [2.05, 4.69) is 24.4 Å². The standard InChI is InChI=1S/C20H36ClNO2/c1-2-3-4-5-6-7-8-9-10-11-12-13-14-15-16-17-19(23)22-20(24)18-21/h9-10H,2-8,11-18H2,1H3,(H,22,23,24)/b10-9-. The summed E-state index contributed by atoms with van der Waals surface area (Å²) in [5.74, 6) is -0.773. The molecule has 24 heavy (non-hydrogen) atoms. The van der Waals surface area contributed by atoms with E-state index in [1.807, 2.05) is 0 Å². The Hall–Kier alpha value is -0.830. The Morgan fingerprint density at radius 3 is 1.79 bits per heavy atom. The zero-order valence-corrected chi connectivity index (χ0v) is 16.2. The first-order chi connectivity index (χ1) is 11.7. The summed E-state index contributed by atoms with van der Waals surface area (Å²) in [7, 11) is 0. The van der Waals surface area contributed by atoms with Gasteiger partial charge in [0.25, 0.3) is 0 Å². The van der Waals surface area contributed by atoms with Gasteiger partial charge in [0.1, 0.15) is 5.88 Å². The van der Waals surface area contributed by atoms with Crippen LogP contribution in [-0.4, -0.2) is 17.7 Å². The molecule has 140 valence electrons. The van der Waals surface area contributed by atoms with E-state index < -0.39 is 5.91 Å². The summed E-state index contributed by atoms with van der Waals surface area (Å²) in [5.41, 5.74) is 0. The highest BCUT2D eigenvalue weighted by atomic mass is 35.5. The van der Waals surface area contributed by atoms with E-state index in [-0.39, 0.29) is 11.8 Å². The highest BCUT2D eigenvalue weighted by Crippen LogP contribution is 2.09. The summed E-state index contributed by atoms with van der Waals surface area (Å²) in [6.45, 7) is 2.25. The van der Waals surface area contributed by atoms with Gasteiger partial charge in [-0.1, -0.05) is 70.4 Å². The number of amides is 2. The second-order valence-electron chi connectivity index (χ2n) is 6.44. The first-order valence-electron chi connectivity index (χ1n) is 9.74.